The van der Waals surface area contributed by atoms with E-state index in [1.165, 1.54) is 32.1 Å². The Bertz CT molecular complexity index is 957. The molecule has 1 amide bonds. The molecule has 5 nitrogen and oxygen atoms in total. The van der Waals surface area contributed by atoms with Crippen molar-refractivity contribution in [2.45, 2.75) is 45.1 Å². The molecule has 5 heteroatoms. The fourth-order valence-corrected chi connectivity index (χ4v) is 4.28. The average molecular weight is 363 g/mol. The quantitative estimate of drug-likeness (QED) is 0.701. The van der Waals surface area contributed by atoms with E-state index in [1.807, 2.05) is 24.3 Å². The Morgan fingerprint density at radius 2 is 2.04 bits per heavy atom. The first-order valence-electron chi connectivity index (χ1n) is 9.59. The van der Waals surface area contributed by atoms with Gasteiger partial charge in [-0.25, -0.2) is 0 Å². The van der Waals surface area contributed by atoms with Gasteiger partial charge in [0.05, 0.1) is 24.6 Å². The highest BCUT2D eigenvalue weighted by atomic mass is 16.5. The summed E-state index contributed by atoms with van der Waals surface area (Å²) in [6, 6.07) is 10.1. The smallest absolute Gasteiger partial charge is 0.258 e. The molecule has 0 bridgehead atoms. The van der Waals surface area contributed by atoms with Crippen molar-refractivity contribution in [3.05, 3.63) is 54.0 Å². The maximum atomic E-state index is 13.2. The van der Waals surface area contributed by atoms with Gasteiger partial charge in [0, 0.05) is 28.8 Å². The highest BCUT2D eigenvalue weighted by Gasteiger charge is 2.25. The van der Waals surface area contributed by atoms with E-state index in [4.69, 9.17) is 4.74 Å². The maximum absolute atomic E-state index is 13.2. The number of methoxy groups -OCH3 is 1. The van der Waals surface area contributed by atoms with E-state index < -0.39 is 0 Å². The minimum Gasteiger partial charge on any atom is -0.497 e. The number of ether oxygens (including phenoxy) is 1. The van der Waals surface area contributed by atoms with Gasteiger partial charge in [0.15, 0.2) is 0 Å². The average Bonchev–Trinajstić information content (AvgIpc) is 3.00. The lowest BCUT2D eigenvalue weighted by molar-refractivity contribution is 0.102. The molecular weight excluding hydrogens is 338 g/mol. The molecule has 1 aromatic carbocycles. The standard InChI is InChI=1S/C22H25N3O2/c1-15-21(22(26)24-16-7-6-12-23-14-16)19-13-18(27-2)10-11-20(19)25(15)17-8-4-3-5-9-17/h6-7,10-14,17H,3-5,8-9H2,1-2H3,(H,24,26). The van der Waals surface area contributed by atoms with Crippen molar-refractivity contribution < 1.29 is 9.53 Å². The third-order valence-corrected chi connectivity index (χ3v) is 5.54. The molecule has 1 aliphatic carbocycles. The molecule has 4 rings (SSSR count). The molecule has 1 aliphatic rings. The number of aromatic nitrogens is 2. The van der Waals surface area contributed by atoms with Crippen LogP contribution >= 0.6 is 0 Å². The number of rotatable bonds is 4. The van der Waals surface area contributed by atoms with Crippen LogP contribution in [0.1, 0.15) is 54.2 Å². The Hall–Kier alpha value is -2.82. The molecule has 3 aromatic rings. The summed E-state index contributed by atoms with van der Waals surface area (Å²) in [6.07, 6.45) is 9.49. The summed E-state index contributed by atoms with van der Waals surface area (Å²) in [5.74, 6) is 0.659. The third-order valence-electron chi connectivity index (χ3n) is 5.54. The van der Waals surface area contributed by atoms with Crippen LogP contribution in [0.15, 0.2) is 42.7 Å². The molecule has 0 saturated heterocycles. The molecule has 1 fully saturated rings. The van der Waals surface area contributed by atoms with Gasteiger partial charge in [-0.15, -0.1) is 0 Å². The van der Waals surface area contributed by atoms with Crippen molar-refractivity contribution in [1.29, 1.82) is 0 Å². The summed E-state index contributed by atoms with van der Waals surface area (Å²) in [7, 11) is 1.65. The van der Waals surface area contributed by atoms with Crippen LogP contribution in [-0.4, -0.2) is 22.6 Å². The molecule has 0 aliphatic heterocycles. The minimum atomic E-state index is -0.103. The highest BCUT2D eigenvalue weighted by molar-refractivity contribution is 6.14. The van der Waals surface area contributed by atoms with Crippen LogP contribution in [0.2, 0.25) is 0 Å². The van der Waals surface area contributed by atoms with E-state index >= 15 is 0 Å². The molecule has 1 N–H and O–H groups in total. The molecule has 140 valence electrons. The maximum Gasteiger partial charge on any atom is 0.258 e. The number of anilines is 1. The van der Waals surface area contributed by atoms with E-state index in [0.717, 1.165) is 27.9 Å². The van der Waals surface area contributed by atoms with Gasteiger partial charge in [-0.3, -0.25) is 9.78 Å². The molecular formula is C22H25N3O2. The van der Waals surface area contributed by atoms with Crippen LogP contribution in [0.25, 0.3) is 10.9 Å². The van der Waals surface area contributed by atoms with Crippen molar-refractivity contribution in [3.63, 3.8) is 0 Å². The van der Waals surface area contributed by atoms with Gasteiger partial charge in [-0.1, -0.05) is 19.3 Å². The van der Waals surface area contributed by atoms with Gasteiger partial charge >= 0.3 is 0 Å². The van der Waals surface area contributed by atoms with Gasteiger partial charge in [0.25, 0.3) is 5.91 Å². The summed E-state index contributed by atoms with van der Waals surface area (Å²) in [5.41, 5.74) is 3.55. The number of benzene rings is 1. The first-order valence-corrected chi connectivity index (χ1v) is 9.59. The summed E-state index contributed by atoms with van der Waals surface area (Å²) in [4.78, 5) is 17.2. The fraction of sp³-hybridized carbons (Fsp3) is 0.364. The largest absolute Gasteiger partial charge is 0.497 e. The van der Waals surface area contributed by atoms with Gasteiger partial charge < -0.3 is 14.6 Å². The zero-order chi connectivity index (χ0) is 18.8. The van der Waals surface area contributed by atoms with E-state index in [-0.39, 0.29) is 5.91 Å². The summed E-state index contributed by atoms with van der Waals surface area (Å²) in [5, 5.41) is 3.93. The number of pyridine rings is 1. The van der Waals surface area contributed by atoms with Crippen molar-refractivity contribution in [2.24, 2.45) is 0 Å². The zero-order valence-electron chi connectivity index (χ0n) is 15.9. The normalized spacial score (nSPS) is 15.0. The molecule has 0 radical (unpaired) electrons. The van der Waals surface area contributed by atoms with Crippen LogP contribution in [0.4, 0.5) is 5.69 Å². The van der Waals surface area contributed by atoms with Gasteiger partial charge in [0.1, 0.15) is 5.75 Å². The molecule has 0 spiro atoms. The minimum absolute atomic E-state index is 0.103. The van der Waals surface area contributed by atoms with Crippen molar-refractivity contribution in [1.82, 2.24) is 9.55 Å². The number of hydrogen-bond donors (Lipinski definition) is 1. The first-order chi connectivity index (χ1) is 13.2. The number of nitrogens with one attached hydrogen (secondary N) is 1. The van der Waals surface area contributed by atoms with Gasteiger partial charge in [0.2, 0.25) is 0 Å². The number of carbonyl (C=O) groups excluding carboxylic acids is 1. The SMILES string of the molecule is COc1ccc2c(c1)c(C(=O)Nc1cccnc1)c(C)n2C1CCCCC1. The Kier molecular flexibility index (Phi) is 4.84. The monoisotopic (exact) mass is 363 g/mol. The predicted octanol–water partition coefficient (Wildman–Crippen LogP) is 5.11. The topological polar surface area (TPSA) is 56.1 Å². The third kappa shape index (κ3) is 3.29. The summed E-state index contributed by atoms with van der Waals surface area (Å²) >= 11 is 0. The van der Waals surface area contributed by atoms with Gasteiger partial charge in [-0.05, 0) is 50.1 Å². The van der Waals surface area contributed by atoms with Crippen LogP contribution in [-0.2, 0) is 0 Å². The second-order valence-corrected chi connectivity index (χ2v) is 7.20. The highest BCUT2D eigenvalue weighted by Crippen LogP contribution is 2.37. The Morgan fingerprint density at radius 3 is 2.74 bits per heavy atom. The number of carbonyl (C=O) groups is 1. The van der Waals surface area contributed by atoms with Gasteiger partial charge in [-0.2, -0.15) is 0 Å². The fourth-order valence-electron chi connectivity index (χ4n) is 4.28. The molecule has 2 heterocycles. The van der Waals surface area contributed by atoms with E-state index in [1.54, 1.807) is 19.5 Å². The molecule has 27 heavy (non-hydrogen) atoms. The lowest BCUT2D eigenvalue weighted by Crippen LogP contribution is -2.16. The second-order valence-electron chi connectivity index (χ2n) is 7.20. The number of nitrogens with zero attached hydrogens (tertiary/aromatic N) is 2. The number of amides is 1. The zero-order valence-corrected chi connectivity index (χ0v) is 15.9. The molecule has 0 atom stereocenters. The Morgan fingerprint density at radius 1 is 1.22 bits per heavy atom. The van der Waals surface area contributed by atoms with Crippen molar-refractivity contribution in [2.75, 3.05) is 12.4 Å². The summed E-state index contributed by atoms with van der Waals surface area (Å²) in [6.45, 7) is 2.05. The van der Waals surface area contributed by atoms with E-state index in [2.05, 4.69) is 27.9 Å². The number of fused-ring (bicyclic) bond motifs is 1. The summed E-state index contributed by atoms with van der Waals surface area (Å²) < 4.78 is 7.79. The van der Waals surface area contributed by atoms with Crippen LogP contribution in [0.5, 0.6) is 5.75 Å². The Labute approximate surface area is 159 Å². The molecule has 1 saturated carbocycles. The van der Waals surface area contributed by atoms with E-state index in [0.29, 0.717) is 11.7 Å². The van der Waals surface area contributed by atoms with Crippen LogP contribution < -0.4 is 10.1 Å². The predicted molar refractivity (Wildman–Crippen MR) is 108 cm³/mol. The van der Waals surface area contributed by atoms with E-state index in [9.17, 15) is 4.79 Å². The second kappa shape index (κ2) is 7.43. The van der Waals surface area contributed by atoms with Crippen LogP contribution in [0.3, 0.4) is 0 Å². The van der Waals surface area contributed by atoms with Crippen molar-refractivity contribution >= 4 is 22.5 Å². The molecule has 2 aromatic heterocycles. The first kappa shape index (κ1) is 17.6. The lowest BCUT2D eigenvalue weighted by Gasteiger charge is -2.26. The Balaban J connectivity index is 1.82. The van der Waals surface area contributed by atoms with Crippen LogP contribution in [0, 0.1) is 6.92 Å². The van der Waals surface area contributed by atoms with Crippen molar-refractivity contribution in [3.8, 4) is 5.75 Å². The number of hydrogen-bond acceptors (Lipinski definition) is 3. The molecule has 0 unspecified atom stereocenters. The lowest BCUT2D eigenvalue weighted by atomic mass is 9.95.